The maximum Gasteiger partial charge on any atom is 0.330 e. The molecule has 4 atom stereocenters. The zero-order valence-electron chi connectivity index (χ0n) is 14.3. The topological polar surface area (TPSA) is 122 Å². The minimum Gasteiger partial charge on any atom is -0.508 e. The third kappa shape index (κ3) is 2.90. The number of benzene rings is 1. The van der Waals surface area contributed by atoms with Crippen molar-refractivity contribution < 1.29 is 24.2 Å². The summed E-state index contributed by atoms with van der Waals surface area (Å²) in [6.07, 6.45) is 0. The molecule has 0 bridgehead atoms. The first-order valence-electron chi connectivity index (χ1n) is 7.98. The van der Waals surface area contributed by atoms with E-state index < -0.39 is 34.7 Å². The molecule has 9 heteroatoms. The molecule has 2 aliphatic rings. The molecule has 1 aromatic carbocycles. The molecule has 1 aromatic rings. The monoisotopic (exact) mass is 378 g/mol. The van der Waals surface area contributed by atoms with Gasteiger partial charge < -0.3 is 25.8 Å². The number of carbonyl (C=O) groups is 3. The molecular formula is C17H20N3O5S. The van der Waals surface area contributed by atoms with Gasteiger partial charge >= 0.3 is 5.97 Å². The molecule has 0 spiro atoms. The average Bonchev–Trinajstić information content (AvgIpc) is 2.86. The highest BCUT2D eigenvalue weighted by molar-refractivity contribution is 8.01. The zero-order valence-corrected chi connectivity index (χ0v) is 15.2. The van der Waals surface area contributed by atoms with Crippen molar-refractivity contribution in [2.45, 2.75) is 42.1 Å². The highest BCUT2D eigenvalue weighted by Gasteiger charge is 2.64. The van der Waals surface area contributed by atoms with Crippen LogP contribution in [0.1, 0.15) is 25.5 Å². The predicted molar refractivity (Wildman–Crippen MR) is 94.5 cm³/mol. The van der Waals surface area contributed by atoms with Gasteiger partial charge in [-0.1, -0.05) is 12.1 Å². The smallest absolute Gasteiger partial charge is 0.330 e. The van der Waals surface area contributed by atoms with E-state index >= 15 is 0 Å². The summed E-state index contributed by atoms with van der Waals surface area (Å²) in [5, 5.41) is 11.6. The summed E-state index contributed by atoms with van der Waals surface area (Å²) in [5.74, 6) is -1.37. The van der Waals surface area contributed by atoms with Crippen molar-refractivity contribution in [1.82, 2.24) is 10.2 Å². The standard InChI is InChI=1S/C17H20N3O5S/c1-17(2)12(16(24)25-3)20-14(23)11(15(20)26-17)19-13(22)10(18)8-4-6-9(21)7-5-8/h4-7,10-12,15,21H,3,18H2,1-2H3,(H,19,22)/t10?,11?,12-,15+/m0/s1. The third-order valence-electron chi connectivity index (χ3n) is 4.64. The van der Waals surface area contributed by atoms with Crippen LogP contribution in [-0.2, 0) is 19.1 Å². The van der Waals surface area contributed by atoms with Crippen LogP contribution in [0.4, 0.5) is 0 Å². The van der Waals surface area contributed by atoms with Gasteiger partial charge in [-0.25, -0.2) is 4.79 Å². The summed E-state index contributed by atoms with van der Waals surface area (Å²) in [6.45, 7) is 3.68. The second-order valence-corrected chi connectivity index (χ2v) is 8.55. The molecule has 8 nitrogen and oxygen atoms in total. The number of hydrogen-bond acceptors (Lipinski definition) is 7. The lowest BCUT2D eigenvalue weighted by atomic mass is 9.95. The maximum atomic E-state index is 12.5. The van der Waals surface area contributed by atoms with Gasteiger partial charge in [0.05, 0.1) is 0 Å². The molecule has 2 aliphatic heterocycles. The number of nitrogens with one attached hydrogen (secondary N) is 1. The Labute approximate surface area is 155 Å². The van der Waals surface area contributed by atoms with Crippen LogP contribution in [0.3, 0.4) is 0 Å². The molecule has 26 heavy (non-hydrogen) atoms. The Kier molecular flexibility index (Phi) is 4.61. The number of phenolic OH excluding ortho intramolecular Hbond substituents is 1. The fraction of sp³-hybridized carbons (Fsp3) is 0.412. The van der Waals surface area contributed by atoms with E-state index in [-0.39, 0.29) is 17.0 Å². The van der Waals surface area contributed by atoms with E-state index in [0.717, 1.165) is 0 Å². The number of nitrogens with two attached hydrogens (primary N) is 1. The fourth-order valence-electron chi connectivity index (χ4n) is 3.28. The molecular weight excluding hydrogens is 358 g/mol. The van der Waals surface area contributed by atoms with Gasteiger partial charge in [0.25, 0.3) is 0 Å². The van der Waals surface area contributed by atoms with Crippen molar-refractivity contribution in [3.05, 3.63) is 36.9 Å². The number of carbonyl (C=O) groups excluding carboxylic acids is 3. The lowest BCUT2D eigenvalue weighted by molar-refractivity contribution is -0.161. The molecule has 0 aromatic heterocycles. The van der Waals surface area contributed by atoms with Crippen LogP contribution in [0.5, 0.6) is 5.75 Å². The second-order valence-electron chi connectivity index (χ2n) is 6.78. The van der Waals surface area contributed by atoms with Gasteiger partial charge in [0.15, 0.2) is 0 Å². The fourth-order valence-corrected chi connectivity index (χ4v) is 4.90. The van der Waals surface area contributed by atoms with Crippen LogP contribution >= 0.6 is 11.8 Å². The van der Waals surface area contributed by atoms with Crippen LogP contribution in [0, 0.1) is 7.11 Å². The second kappa shape index (κ2) is 6.48. The van der Waals surface area contributed by atoms with Crippen molar-refractivity contribution in [2.24, 2.45) is 5.73 Å². The average molecular weight is 378 g/mol. The number of esters is 1. The van der Waals surface area contributed by atoms with Crippen LogP contribution in [0.2, 0.25) is 0 Å². The minimum atomic E-state index is -0.975. The number of hydrogen-bond donors (Lipinski definition) is 3. The summed E-state index contributed by atoms with van der Waals surface area (Å²) in [4.78, 5) is 38.3. The van der Waals surface area contributed by atoms with E-state index in [0.29, 0.717) is 5.56 Å². The van der Waals surface area contributed by atoms with Crippen LogP contribution in [0.25, 0.3) is 0 Å². The van der Waals surface area contributed by atoms with Gasteiger partial charge in [-0.3, -0.25) is 9.59 Å². The number of rotatable bonds is 4. The van der Waals surface area contributed by atoms with Crippen molar-refractivity contribution in [2.75, 3.05) is 0 Å². The summed E-state index contributed by atoms with van der Waals surface area (Å²) >= 11 is 1.42. The highest BCUT2D eigenvalue weighted by Crippen LogP contribution is 2.51. The van der Waals surface area contributed by atoms with E-state index in [1.807, 2.05) is 13.8 Å². The van der Waals surface area contributed by atoms with E-state index in [1.165, 1.54) is 28.8 Å². The van der Waals surface area contributed by atoms with E-state index in [9.17, 15) is 19.5 Å². The summed E-state index contributed by atoms with van der Waals surface area (Å²) < 4.78 is 4.01. The Morgan fingerprint density at radius 2 is 2.00 bits per heavy atom. The molecule has 4 N–H and O–H groups in total. The molecule has 139 valence electrons. The first kappa shape index (κ1) is 18.5. The third-order valence-corrected chi connectivity index (χ3v) is 6.21. The number of nitrogens with zero attached hydrogens (tertiary/aromatic N) is 1. The number of fused-ring (bicyclic) bond motifs is 1. The van der Waals surface area contributed by atoms with Gasteiger partial charge in [-0.2, -0.15) is 0 Å². The highest BCUT2D eigenvalue weighted by atomic mass is 32.2. The van der Waals surface area contributed by atoms with Gasteiger partial charge in [-0.05, 0) is 31.5 Å². The number of phenols is 1. The number of thioether (sulfide) groups is 1. The largest absolute Gasteiger partial charge is 0.508 e. The normalized spacial score (nSPS) is 27.3. The molecule has 2 unspecified atom stereocenters. The molecule has 2 amide bonds. The van der Waals surface area contributed by atoms with E-state index in [2.05, 4.69) is 17.2 Å². The predicted octanol–water partition coefficient (Wildman–Crippen LogP) is 0.274. The molecule has 2 fully saturated rings. The van der Waals surface area contributed by atoms with Gasteiger partial charge in [0.2, 0.25) is 11.8 Å². The van der Waals surface area contributed by atoms with Crippen LogP contribution in [-0.4, -0.2) is 50.0 Å². The summed E-state index contributed by atoms with van der Waals surface area (Å²) in [5.41, 5.74) is 6.46. The van der Waals surface area contributed by atoms with Crippen molar-refractivity contribution in [3.63, 3.8) is 0 Å². The quantitative estimate of drug-likeness (QED) is 0.508. The molecule has 2 saturated heterocycles. The Balaban J connectivity index is 1.71. The van der Waals surface area contributed by atoms with Gasteiger partial charge in [0, 0.05) is 4.75 Å². The molecule has 0 aliphatic carbocycles. The number of β-lactam (4-membered cyclic amide) rings is 1. The summed E-state index contributed by atoms with van der Waals surface area (Å²) in [6, 6.07) is 3.48. The Hall–Kier alpha value is -2.26. The van der Waals surface area contributed by atoms with Crippen molar-refractivity contribution >= 4 is 29.5 Å². The lowest BCUT2D eigenvalue weighted by Crippen LogP contribution is -2.71. The number of ether oxygens (including phenoxy) is 1. The Morgan fingerprint density at radius 3 is 2.58 bits per heavy atom. The first-order valence-corrected chi connectivity index (χ1v) is 8.86. The summed E-state index contributed by atoms with van der Waals surface area (Å²) in [7, 11) is 3.13. The number of aromatic hydroxyl groups is 1. The zero-order chi connectivity index (χ0) is 19.2. The van der Waals surface area contributed by atoms with Gasteiger partial charge in [-0.15, -0.1) is 11.8 Å². The van der Waals surface area contributed by atoms with Crippen molar-refractivity contribution in [3.8, 4) is 5.75 Å². The maximum absolute atomic E-state index is 12.5. The molecule has 1 radical (unpaired) electrons. The van der Waals surface area contributed by atoms with E-state index in [4.69, 9.17) is 5.73 Å². The Morgan fingerprint density at radius 1 is 1.38 bits per heavy atom. The van der Waals surface area contributed by atoms with E-state index in [1.54, 1.807) is 12.1 Å². The van der Waals surface area contributed by atoms with Crippen molar-refractivity contribution in [1.29, 1.82) is 0 Å². The lowest BCUT2D eigenvalue weighted by Gasteiger charge is -2.44. The SMILES string of the molecule is [CH2]OC(=O)[C@@H]1N2C(=O)C(NC(=O)C(N)c3ccc(O)cc3)[C@H]2SC1(C)C. The Bertz CT molecular complexity index is 751. The first-order chi connectivity index (χ1) is 12.2. The van der Waals surface area contributed by atoms with Gasteiger partial charge in [0.1, 0.15) is 36.4 Å². The van der Waals surface area contributed by atoms with Crippen LogP contribution < -0.4 is 11.1 Å². The minimum absolute atomic E-state index is 0.0686. The van der Waals surface area contributed by atoms with Crippen LogP contribution in [0.15, 0.2) is 24.3 Å². The molecule has 3 rings (SSSR count). The molecule has 2 heterocycles. The number of amides is 2. The molecule has 0 saturated carbocycles.